The van der Waals surface area contributed by atoms with Crippen molar-refractivity contribution in [1.82, 2.24) is 14.4 Å². The van der Waals surface area contributed by atoms with Gasteiger partial charge in [0.2, 0.25) is 5.91 Å². The molecule has 46 heavy (non-hydrogen) atoms. The maximum absolute atomic E-state index is 14.8. The monoisotopic (exact) mass is 639 g/mol. The molecule has 2 aliphatic rings. The zero-order valence-corrected chi connectivity index (χ0v) is 29.0. The lowest BCUT2D eigenvalue weighted by atomic mass is 9.78. The Bertz CT molecular complexity index is 1400. The molecule has 4 rings (SSSR count). The molecule has 2 amide bonds. The van der Waals surface area contributed by atoms with Crippen LogP contribution >= 0.6 is 0 Å². The number of amides is 2. The highest BCUT2D eigenvalue weighted by atomic mass is 16.6. The van der Waals surface area contributed by atoms with Crippen molar-refractivity contribution < 1.29 is 28.5 Å². The summed E-state index contributed by atoms with van der Waals surface area (Å²) in [6, 6.07) is 8.03. The third-order valence-electron chi connectivity index (χ3n) is 9.09. The number of hydrogen-bond donors (Lipinski definition) is 0. The van der Waals surface area contributed by atoms with Crippen molar-refractivity contribution in [2.45, 2.75) is 90.8 Å². The Morgan fingerprint density at radius 1 is 0.957 bits per heavy atom. The molecule has 10 nitrogen and oxygen atoms in total. The molecule has 254 valence electrons. The van der Waals surface area contributed by atoms with Crippen LogP contribution in [0.2, 0.25) is 0 Å². The summed E-state index contributed by atoms with van der Waals surface area (Å²) in [4.78, 5) is 44.6. The molecule has 1 aliphatic carbocycles. The van der Waals surface area contributed by atoms with E-state index in [1.165, 1.54) is 0 Å². The van der Waals surface area contributed by atoms with Crippen LogP contribution in [0.15, 0.2) is 29.1 Å². The van der Waals surface area contributed by atoms with Gasteiger partial charge in [-0.15, -0.1) is 0 Å². The summed E-state index contributed by atoms with van der Waals surface area (Å²) in [6.07, 6.45) is 3.73. The number of likely N-dealkylation sites (tertiary alicyclic amines) is 1. The number of carbonyl (C=O) groups excluding carboxylic acids is 2. The van der Waals surface area contributed by atoms with Crippen molar-refractivity contribution in [1.29, 1.82) is 0 Å². The minimum atomic E-state index is -0.649. The normalized spacial score (nSPS) is 18.4. The summed E-state index contributed by atoms with van der Waals surface area (Å²) >= 11 is 0. The fourth-order valence-corrected chi connectivity index (χ4v) is 6.31. The highest BCUT2D eigenvalue weighted by Crippen LogP contribution is 2.39. The van der Waals surface area contributed by atoms with Crippen LogP contribution in [0.3, 0.4) is 0 Å². The van der Waals surface area contributed by atoms with Crippen LogP contribution in [0, 0.1) is 19.8 Å². The highest BCUT2D eigenvalue weighted by Gasteiger charge is 2.44. The number of aryl methyl sites for hydroxylation is 1. The number of ether oxygens (including phenoxy) is 4. The second kappa shape index (κ2) is 15.5. The van der Waals surface area contributed by atoms with Gasteiger partial charge in [0.25, 0.3) is 5.56 Å². The average molecular weight is 640 g/mol. The third-order valence-corrected chi connectivity index (χ3v) is 9.09. The summed E-state index contributed by atoms with van der Waals surface area (Å²) in [6.45, 7) is 12.2. The predicted octanol–water partition coefficient (Wildman–Crippen LogP) is 5.14. The van der Waals surface area contributed by atoms with Crippen LogP contribution in [0.1, 0.15) is 80.3 Å². The van der Waals surface area contributed by atoms with Gasteiger partial charge in [0.1, 0.15) is 18.0 Å². The zero-order chi connectivity index (χ0) is 33.6. The van der Waals surface area contributed by atoms with Crippen molar-refractivity contribution in [2.75, 3.05) is 47.1 Å². The van der Waals surface area contributed by atoms with E-state index in [4.69, 9.17) is 18.9 Å². The van der Waals surface area contributed by atoms with Crippen LogP contribution in [-0.2, 0) is 39.0 Å². The van der Waals surface area contributed by atoms with Crippen molar-refractivity contribution in [2.24, 2.45) is 13.0 Å². The van der Waals surface area contributed by atoms with Crippen LogP contribution in [0.25, 0.3) is 0 Å². The molecule has 1 aromatic carbocycles. The van der Waals surface area contributed by atoms with Gasteiger partial charge in [-0.2, -0.15) is 0 Å². The van der Waals surface area contributed by atoms with Gasteiger partial charge < -0.3 is 33.3 Å². The molecule has 10 heteroatoms. The van der Waals surface area contributed by atoms with Crippen molar-refractivity contribution in [3.05, 3.63) is 62.6 Å². The summed E-state index contributed by atoms with van der Waals surface area (Å²) < 4.78 is 23.8. The van der Waals surface area contributed by atoms with Gasteiger partial charge in [0, 0.05) is 65.3 Å². The Labute approximate surface area is 273 Å². The molecule has 0 N–H and O–H groups in total. The van der Waals surface area contributed by atoms with E-state index in [2.05, 4.69) is 12.1 Å². The van der Waals surface area contributed by atoms with E-state index in [0.29, 0.717) is 39.3 Å². The number of carbonyl (C=O) groups is 2. The van der Waals surface area contributed by atoms with E-state index in [9.17, 15) is 14.4 Å². The summed E-state index contributed by atoms with van der Waals surface area (Å²) in [7, 11) is 5.12. The Morgan fingerprint density at radius 2 is 1.65 bits per heavy atom. The first-order chi connectivity index (χ1) is 21.8. The van der Waals surface area contributed by atoms with Gasteiger partial charge in [-0.25, -0.2) is 4.79 Å². The van der Waals surface area contributed by atoms with Crippen molar-refractivity contribution in [3.63, 3.8) is 0 Å². The molecule has 2 unspecified atom stereocenters. The Hall–Kier alpha value is -3.37. The molecule has 1 saturated heterocycles. The predicted molar refractivity (Wildman–Crippen MR) is 177 cm³/mol. The highest BCUT2D eigenvalue weighted by molar-refractivity contribution is 5.82. The topological polar surface area (TPSA) is 99.5 Å². The van der Waals surface area contributed by atoms with Gasteiger partial charge in [0.15, 0.2) is 0 Å². The van der Waals surface area contributed by atoms with E-state index in [1.54, 1.807) is 36.8 Å². The Morgan fingerprint density at radius 3 is 2.30 bits per heavy atom. The molecular formula is C36H53N3O7. The van der Waals surface area contributed by atoms with Gasteiger partial charge >= 0.3 is 6.09 Å². The van der Waals surface area contributed by atoms with Crippen LogP contribution in [-0.4, -0.2) is 85.1 Å². The number of methoxy groups -OCH3 is 2. The molecule has 1 aliphatic heterocycles. The van der Waals surface area contributed by atoms with Gasteiger partial charge in [-0.3, -0.25) is 9.59 Å². The van der Waals surface area contributed by atoms with E-state index < -0.39 is 17.6 Å². The summed E-state index contributed by atoms with van der Waals surface area (Å²) in [5, 5.41) is 0. The quantitative estimate of drug-likeness (QED) is 0.280. The second-order valence-electron chi connectivity index (χ2n) is 13.8. The Balaban J connectivity index is 1.68. The number of aromatic nitrogens is 1. The minimum absolute atomic E-state index is 0.00475. The van der Waals surface area contributed by atoms with E-state index in [1.807, 2.05) is 45.6 Å². The fourth-order valence-electron chi connectivity index (χ4n) is 6.31. The molecule has 2 atom stereocenters. The lowest BCUT2D eigenvalue weighted by Crippen LogP contribution is -2.51. The molecule has 2 aromatic rings. The van der Waals surface area contributed by atoms with Gasteiger partial charge in [-0.05, 0) is 107 Å². The Kier molecular flexibility index (Phi) is 11.9. The first-order valence-corrected chi connectivity index (χ1v) is 16.5. The number of pyridine rings is 1. The average Bonchev–Trinajstić information content (AvgIpc) is 3.85. The summed E-state index contributed by atoms with van der Waals surface area (Å²) in [5.41, 5.74) is 4.17. The number of piperidine rings is 1. The van der Waals surface area contributed by atoms with Gasteiger partial charge in [-0.1, -0.05) is 6.07 Å². The standard InChI is InChI=1S/C36H53N3O7/c1-24-25(2)37(6)33(40)21-31(24)30-13-14-38(35(42)46-36(3,4)5)23-32(30)34(41)39(28-11-12-28)22-27-18-26(10-9-15-43-7)19-29(20-27)45-17-16-44-8/h18-21,28,30,32H,9-17,22-23H2,1-8H3. The van der Waals surface area contributed by atoms with E-state index in [-0.39, 0.29) is 30.0 Å². The summed E-state index contributed by atoms with van der Waals surface area (Å²) in [5.74, 6) is 0.0379. The SMILES string of the molecule is COCCCc1cc(CN(C(=O)C2CN(C(=O)OC(C)(C)C)CCC2c2cc(=O)n(C)c(C)c2C)C2CC2)cc(OCCOC)c1. The third kappa shape index (κ3) is 9.12. The second-order valence-corrected chi connectivity index (χ2v) is 13.8. The largest absolute Gasteiger partial charge is 0.491 e. The van der Waals surface area contributed by atoms with Crippen LogP contribution < -0.4 is 10.3 Å². The van der Waals surface area contributed by atoms with Crippen molar-refractivity contribution in [3.8, 4) is 5.75 Å². The first kappa shape index (κ1) is 35.5. The molecular weight excluding hydrogens is 586 g/mol. The fraction of sp³-hybridized carbons (Fsp3) is 0.639. The molecule has 0 spiro atoms. The van der Waals surface area contributed by atoms with E-state index in [0.717, 1.165) is 59.4 Å². The number of benzene rings is 1. The molecule has 2 heterocycles. The maximum atomic E-state index is 14.8. The number of nitrogens with zero attached hydrogens (tertiary/aromatic N) is 3. The number of hydrogen-bond acceptors (Lipinski definition) is 7. The molecule has 0 radical (unpaired) electrons. The molecule has 1 saturated carbocycles. The smallest absolute Gasteiger partial charge is 0.410 e. The van der Waals surface area contributed by atoms with E-state index >= 15 is 0 Å². The van der Waals surface area contributed by atoms with Crippen molar-refractivity contribution >= 4 is 12.0 Å². The van der Waals surface area contributed by atoms with Crippen LogP contribution in [0.5, 0.6) is 5.75 Å². The molecule has 0 bridgehead atoms. The van der Waals surface area contributed by atoms with Crippen LogP contribution in [0.4, 0.5) is 4.79 Å². The maximum Gasteiger partial charge on any atom is 0.410 e. The van der Waals surface area contributed by atoms with Gasteiger partial charge in [0.05, 0.1) is 12.5 Å². The molecule has 1 aromatic heterocycles. The lowest BCUT2D eigenvalue weighted by Gasteiger charge is -2.41. The zero-order valence-electron chi connectivity index (χ0n) is 29.0. The number of rotatable bonds is 13. The lowest BCUT2D eigenvalue weighted by molar-refractivity contribution is -0.139. The first-order valence-electron chi connectivity index (χ1n) is 16.5. The minimum Gasteiger partial charge on any atom is -0.491 e. The molecule has 2 fully saturated rings.